The van der Waals surface area contributed by atoms with E-state index in [0.29, 0.717) is 6.42 Å². The van der Waals surface area contributed by atoms with Crippen LogP contribution in [0.4, 0.5) is 0 Å². The van der Waals surface area contributed by atoms with E-state index in [9.17, 15) is 13.2 Å². The molecule has 1 aromatic heterocycles. The fourth-order valence-corrected chi connectivity index (χ4v) is 3.36. The summed E-state index contributed by atoms with van der Waals surface area (Å²) < 4.78 is 33.6. The molecule has 0 aliphatic carbocycles. The zero-order valence-corrected chi connectivity index (χ0v) is 14.9. The van der Waals surface area contributed by atoms with E-state index in [2.05, 4.69) is 4.72 Å². The highest BCUT2D eigenvalue weighted by atomic mass is 32.2. The molecule has 0 saturated carbocycles. The van der Waals surface area contributed by atoms with E-state index in [-0.39, 0.29) is 23.7 Å². The summed E-state index contributed by atoms with van der Waals surface area (Å²) in [4.78, 5) is 11.8. The number of aryl methyl sites for hydroxylation is 2. The van der Waals surface area contributed by atoms with Crippen LogP contribution in [0, 0.1) is 6.92 Å². The zero-order valence-electron chi connectivity index (χ0n) is 14.1. The fraction of sp³-hybridized carbons (Fsp3) is 0.353. The summed E-state index contributed by atoms with van der Waals surface area (Å²) >= 11 is 0. The first kappa shape index (κ1) is 18.2. The Balaban J connectivity index is 2.03. The second-order valence-electron chi connectivity index (χ2n) is 5.53. The first-order valence-corrected chi connectivity index (χ1v) is 9.20. The lowest BCUT2D eigenvalue weighted by atomic mass is 10.1. The van der Waals surface area contributed by atoms with Gasteiger partial charge in [-0.25, -0.2) is 17.9 Å². The second kappa shape index (κ2) is 7.63. The molecule has 0 saturated heterocycles. The molecule has 0 unspecified atom stereocenters. The molecule has 1 aromatic carbocycles. The minimum absolute atomic E-state index is 0.0527. The number of ether oxygens (including phenoxy) is 1. The average Bonchev–Trinajstić information content (AvgIpc) is 2.92. The lowest BCUT2D eigenvalue weighted by Crippen LogP contribution is -2.25. The second-order valence-corrected chi connectivity index (χ2v) is 7.29. The quantitative estimate of drug-likeness (QED) is 0.775. The maximum Gasteiger partial charge on any atom is 0.354 e. The molecule has 7 heteroatoms. The van der Waals surface area contributed by atoms with Crippen LogP contribution in [0.2, 0.25) is 0 Å². The topological polar surface area (TPSA) is 77.4 Å². The summed E-state index contributed by atoms with van der Waals surface area (Å²) in [5, 5.41) is 0. The average molecular weight is 350 g/mol. The molecule has 130 valence electrons. The zero-order chi connectivity index (χ0) is 17.7. The molecule has 24 heavy (non-hydrogen) atoms. The maximum atomic E-state index is 12.3. The SMILES string of the molecule is CCOC(=O)c1cc(S(=O)(=O)NCCc2ccc(C)cc2)cn1C. The Morgan fingerprint density at radius 2 is 1.92 bits per heavy atom. The number of benzene rings is 1. The summed E-state index contributed by atoms with van der Waals surface area (Å²) in [5.74, 6) is -0.541. The van der Waals surface area contributed by atoms with Crippen molar-refractivity contribution in [2.24, 2.45) is 7.05 Å². The van der Waals surface area contributed by atoms with Gasteiger partial charge in [-0.2, -0.15) is 0 Å². The number of hydrogen-bond acceptors (Lipinski definition) is 4. The van der Waals surface area contributed by atoms with Crippen molar-refractivity contribution in [2.45, 2.75) is 25.2 Å². The Kier molecular flexibility index (Phi) is 5.80. The highest BCUT2D eigenvalue weighted by molar-refractivity contribution is 7.89. The third-order valence-electron chi connectivity index (χ3n) is 3.60. The van der Waals surface area contributed by atoms with Gasteiger partial charge >= 0.3 is 5.97 Å². The number of rotatable bonds is 7. The molecule has 2 rings (SSSR count). The number of sulfonamides is 1. The van der Waals surface area contributed by atoms with Crippen molar-refractivity contribution in [1.29, 1.82) is 0 Å². The van der Waals surface area contributed by atoms with Gasteiger partial charge in [-0.15, -0.1) is 0 Å². The van der Waals surface area contributed by atoms with Gasteiger partial charge in [0, 0.05) is 19.8 Å². The first-order valence-electron chi connectivity index (χ1n) is 7.72. The lowest BCUT2D eigenvalue weighted by Gasteiger charge is -2.05. The van der Waals surface area contributed by atoms with Gasteiger partial charge in [-0.1, -0.05) is 29.8 Å². The van der Waals surface area contributed by atoms with Gasteiger partial charge in [0.2, 0.25) is 10.0 Å². The fourth-order valence-electron chi connectivity index (χ4n) is 2.26. The van der Waals surface area contributed by atoms with Crippen molar-refractivity contribution in [3.63, 3.8) is 0 Å². The monoisotopic (exact) mass is 350 g/mol. The van der Waals surface area contributed by atoms with Crippen LogP contribution in [0.1, 0.15) is 28.5 Å². The molecule has 0 aliphatic heterocycles. The third kappa shape index (κ3) is 4.46. The van der Waals surface area contributed by atoms with Crippen LogP contribution in [-0.4, -0.2) is 32.1 Å². The van der Waals surface area contributed by atoms with E-state index in [4.69, 9.17) is 4.74 Å². The van der Waals surface area contributed by atoms with Crippen molar-refractivity contribution in [3.8, 4) is 0 Å². The highest BCUT2D eigenvalue weighted by Crippen LogP contribution is 2.14. The van der Waals surface area contributed by atoms with Gasteiger partial charge in [0.1, 0.15) is 10.6 Å². The number of esters is 1. The van der Waals surface area contributed by atoms with Crippen LogP contribution in [0.25, 0.3) is 0 Å². The Morgan fingerprint density at radius 1 is 1.25 bits per heavy atom. The minimum atomic E-state index is -3.67. The predicted octanol–water partition coefficient (Wildman–Crippen LogP) is 2.03. The van der Waals surface area contributed by atoms with Gasteiger partial charge in [0.15, 0.2) is 0 Å². The predicted molar refractivity (Wildman–Crippen MR) is 91.4 cm³/mol. The Morgan fingerprint density at radius 3 is 2.54 bits per heavy atom. The lowest BCUT2D eigenvalue weighted by molar-refractivity contribution is 0.0515. The van der Waals surface area contributed by atoms with Crippen LogP contribution in [0.5, 0.6) is 0 Å². The van der Waals surface area contributed by atoms with Crippen LogP contribution in [0.15, 0.2) is 41.4 Å². The molecule has 1 N–H and O–H groups in total. The minimum Gasteiger partial charge on any atom is -0.461 e. The summed E-state index contributed by atoms with van der Waals surface area (Å²) in [6, 6.07) is 9.27. The van der Waals surface area contributed by atoms with Crippen molar-refractivity contribution in [3.05, 3.63) is 53.3 Å². The van der Waals surface area contributed by atoms with Gasteiger partial charge in [0.05, 0.1) is 6.61 Å². The molecule has 6 nitrogen and oxygen atoms in total. The van der Waals surface area contributed by atoms with Crippen LogP contribution < -0.4 is 4.72 Å². The number of aromatic nitrogens is 1. The molecule has 1 heterocycles. The van der Waals surface area contributed by atoms with E-state index in [1.807, 2.05) is 31.2 Å². The number of carbonyl (C=O) groups is 1. The Bertz CT molecular complexity index is 808. The summed E-state index contributed by atoms with van der Waals surface area (Å²) in [7, 11) is -2.06. The molecule has 2 aromatic rings. The van der Waals surface area contributed by atoms with E-state index < -0.39 is 16.0 Å². The molecule has 0 spiro atoms. The normalized spacial score (nSPS) is 11.5. The van der Waals surface area contributed by atoms with E-state index in [1.165, 1.54) is 16.8 Å². The van der Waals surface area contributed by atoms with Crippen molar-refractivity contribution < 1.29 is 17.9 Å². The summed E-state index contributed by atoms with van der Waals surface area (Å²) in [6.45, 7) is 4.23. The van der Waals surface area contributed by atoms with E-state index in [0.717, 1.165) is 11.1 Å². The molecule has 0 radical (unpaired) electrons. The number of nitrogens with zero attached hydrogens (tertiary/aromatic N) is 1. The van der Waals surface area contributed by atoms with Gasteiger partial charge < -0.3 is 9.30 Å². The largest absolute Gasteiger partial charge is 0.461 e. The first-order chi connectivity index (χ1) is 11.3. The van der Waals surface area contributed by atoms with Crippen LogP contribution in [0.3, 0.4) is 0 Å². The standard InChI is InChI=1S/C17H22N2O4S/c1-4-23-17(20)16-11-15(12-19(16)3)24(21,22)18-10-9-14-7-5-13(2)6-8-14/h5-8,11-12,18H,4,9-10H2,1-3H3. The highest BCUT2D eigenvalue weighted by Gasteiger charge is 2.20. The van der Waals surface area contributed by atoms with E-state index >= 15 is 0 Å². The molecule has 0 amide bonds. The molecule has 0 bridgehead atoms. The summed E-state index contributed by atoms with van der Waals surface area (Å²) in [6.07, 6.45) is 2.00. The Hall–Kier alpha value is -2.12. The number of nitrogens with one attached hydrogen (secondary N) is 1. The third-order valence-corrected chi connectivity index (χ3v) is 5.03. The number of hydrogen-bond donors (Lipinski definition) is 1. The maximum absolute atomic E-state index is 12.3. The van der Waals surface area contributed by atoms with Crippen LogP contribution >= 0.6 is 0 Å². The molecular weight excluding hydrogens is 328 g/mol. The molecule has 0 atom stereocenters. The van der Waals surface area contributed by atoms with E-state index in [1.54, 1.807) is 14.0 Å². The van der Waals surface area contributed by atoms with Gasteiger partial charge in [0.25, 0.3) is 0 Å². The molecular formula is C17H22N2O4S. The van der Waals surface area contributed by atoms with Crippen molar-refractivity contribution in [2.75, 3.05) is 13.2 Å². The van der Waals surface area contributed by atoms with Crippen LogP contribution in [-0.2, 0) is 28.2 Å². The number of carbonyl (C=O) groups excluding carboxylic acids is 1. The van der Waals surface area contributed by atoms with Crippen molar-refractivity contribution >= 4 is 16.0 Å². The Labute approximate surface area is 142 Å². The summed E-state index contributed by atoms with van der Waals surface area (Å²) in [5.41, 5.74) is 2.43. The molecule has 0 fully saturated rings. The smallest absolute Gasteiger partial charge is 0.354 e. The van der Waals surface area contributed by atoms with Crippen molar-refractivity contribution in [1.82, 2.24) is 9.29 Å². The van der Waals surface area contributed by atoms with Gasteiger partial charge in [-0.3, -0.25) is 0 Å². The van der Waals surface area contributed by atoms with Gasteiger partial charge in [-0.05, 0) is 31.9 Å². The molecule has 0 aliphatic rings.